The van der Waals surface area contributed by atoms with E-state index in [1.165, 1.54) is 0 Å². The van der Waals surface area contributed by atoms with Crippen molar-refractivity contribution in [3.63, 3.8) is 0 Å². The average Bonchev–Trinajstić information content (AvgIpc) is 2.10. The predicted molar refractivity (Wildman–Crippen MR) is 54.9 cm³/mol. The van der Waals surface area contributed by atoms with Crippen LogP contribution in [0.1, 0.15) is 33.6 Å². The summed E-state index contributed by atoms with van der Waals surface area (Å²) < 4.78 is 5.40. The van der Waals surface area contributed by atoms with Crippen molar-refractivity contribution in [2.24, 2.45) is 0 Å². The second kappa shape index (κ2) is 8.48. The molecule has 0 bridgehead atoms. The van der Waals surface area contributed by atoms with Gasteiger partial charge in [-0.15, -0.1) is 0 Å². The highest BCUT2D eigenvalue weighted by Gasteiger charge is 2.05. The van der Waals surface area contributed by atoms with E-state index in [4.69, 9.17) is 9.84 Å². The maximum absolute atomic E-state index is 9.00. The lowest BCUT2D eigenvalue weighted by Gasteiger charge is -2.16. The van der Waals surface area contributed by atoms with Gasteiger partial charge in [-0.2, -0.15) is 0 Å². The molecule has 0 fully saturated rings. The molecule has 80 valence electrons. The average molecular weight is 189 g/mol. The van der Waals surface area contributed by atoms with Gasteiger partial charge in [0.25, 0.3) is 0 Å². The fourth-order valence-corrected chi connectivity index (χ4v) is 1.05. The third kappa shape index (κ3) is 8.22. The largest absolute Gasteiger partial charge is 0.395 e. The number of hydrogen-bond acceptors (Lipinski definition) is 3. The minimum absolute atomic E-state index is 0.193. The molecule has 3 heteroatoms. The van der Waals surface area contributed by atoms with Gasteiger partial charge in [-0.25, -0.2) is 0 Å². The van der Waals surface area contributed by atoms with Crippen LogP contribution in [0.15, 0.2) is 0 Å². The van der Waals surface area contributed by atoms with E-state index >= 15 is 0 Å². The van der Waals surface area contributed by atoms with Crippen molar-refractivity contribution in [3.8, 4) is 0 Å². The number of nitrogens with one attached hydrogen (secondary N) is 1. The molecule has 0 rings (SSSR count). The van der Waals surface area contributed by atoms with Crippen LogP contribution in [0.2, 0.25) is 0 Å². The summed E-state index contributed by atoms with van der Waals surface area (Å²) in [6, 6.07) is 0.193. The van der Waals surface area contributed by atoms with Crippen molar-refractivity contribution in [3.05, 3.63) is 0 Å². The zero-order valence-corrected chi connectivity index (χ0v) is 9.05. The van der Waals surface area contributed by atoms with Crippen LogP contribution in [0.3, 0.4) is 0 Å². The van der Waals surface area contributed by atoms with Gasteiger partial charge < -0.3 is 15.2 Å². The molecule has 0 spiro atoms. The van der Waals surface area contributed by atoms with Gasteiger partial charge in [0.15, 0.2) is 0 Å². The molecule has 0 heterocycles. The fraction of sp³-hybridized carbons (Fsp3) is 1.00. The van der Waals surface area contributed by atoms with E-state index in [9.17, 15) is 0 Å². The van der Waals surface area contributed by atoms with Crippen LogP contribution in [0.25, 0.3) is 0 Å². The summed E-state index contributed by atoms with van der Waals surface area (Å²) in [5.41, 5.74) is 0. The van der Waals surface area contributed by atoms with Gasteiger partial charge in [0.05, 0.1) is 12.7 Å². The van der Waals surface area contributed by atoms with Crippen LogP contribution in [-0.2, 0) is 4.74 Å². The van der Waals surface area contributed by atoms with Crippen molar-refractivity contribution >= 4 is 0 Å². The molecule has 1 atom stereocenters. The van der Waals surface area contributed by atoms with Crippen LogP contribution >= 0.6 is 0 Å². The van der Waals surface area contributed by atoms with Crippen LogP contribution in [-0.4, -0.2) is 37.0 Å². The molecule has 0 amide bonds. The molecule has 0 aromatic rings. The Hall–Kier alpha value is -0.120. The van der Waals surface area contributed by atoms with Crippen molar-refractivity contribution in [2.45, 2.75) is 45.8 Å². The third-order valence-corrected chi connectivity index (χ3v) is 1.82. The SMILES string of the molecule is CCCNC(CO)CCOC(C)C. The van der Waals surface area contributed by atoms with Crippen molar-refractivity contribution in [1.82, 2.24) is 5.32 Å². The Morgan fingerprint density at radius 2 is 2.08 bits per heavy atom. The van der Waals surface area contributed by atoms with Crippen molar-refractivity contribution in [1.29, 1.82) is 0 Å². The van der Waals surface area contributed by atoms with Crippen LogP contribution in [0.5, 0.6) is 0 Å². The first-order chi connectivity index (χ1) is 6.20. The molecule has 0 aliphatic heterocycles. The zero-order chi connectivity index (χ0) is 10.1. The standard InChI is InChI=1S/C10H23NO2/c1-4-6-11-10(8-12)5-7-13-9(2)3/h9-12H,4-8H2,1-3H3. The number of rotatable bonds is 8. The lowest BCUT2D eigenvalue weighted by Crippen LogP contribution is -2.34. The van der Waals surface area contributed by atoms with Gasteiger partial charge in [0.2, 0.25) is 0 Å². The normalized spacial score (nSPS) is 13.6. The molecule has 13 heavy (non-hydrogen) atoms. The minimum atomic E-state index is 0.193. The summed E-state index contributed by atoms with van der Waals surface area (Å²) in [5, 5.41) is 12.3. The van der Waals surface area contributed by atoms with E-state index in [0.29, 0.717) is 0 Å². The molecular weight excluding hydrogens is 166 g/mol. The first kappa shape index (κ1) is 12.9. The molecule has 0 saturated heterocycles. The molecule has 0 aromatic heterocycles. The number of ether oxygens (including phenoxy) is 1. The quantitative estimate of drug-likeness (QED) is 0.602. The first-order valence-electron chi connectivity index (χ1n) is 5.16. The Morgan fingerprint density at radius 3 is 2.54 bits per heavy atom. The molecule has 1 unspecified atom stereocenters. The van der Waals surface area contributed by atoms with E-state index < -0.39 is 0 Å². The van der Waals surface area contributed by atoms with Gasteiger partial charge in [0, 0.05) is 12.6 Å². The molecule has 3 nitrogen and oxygen atoms in total. The van der Waals surface area contributed by atoms with Gasteiger partial charge in [-0.05, 0) is 33.2 Å². The Kier molecular flexibility index (Phi) is 8.40. The Labute approximate surface area is 81.5 Å². The van der Waals surface area contributed by atoms with Crippen LogP contribution < -0.4 is 5.32 Å². The van der Waals surface area contributed by atoms with Crippen molar-refractivity contribution in [2.75, 3.05) is 19.8 Å². The van der Waals surface area contributed by atoms with E-state index in [-0.39, 0.29) is 18.8 Å². The van der Waals surface area contributed by atoms with Crippen LogP contribution in [0.4, 0.5) is 0 Å². The number of hydrogen-bond donors (Lipinski definition) is 2. The smallest absolute Gasteiger partial charge is 0.0585 e. The minimum Gasteiger partial charge on any atom is -0.395 e. The summed E-state index contributed by atoms with van der Waals surface area (Å²) in [6.45, 7) is 8.04. The molecule has 0 aromatic carbocycles. The van der Waals surface area contributed by atoms with Gasteiger partial charge >= 0.3 is 0 Å². The maximum Gasteiger partial charge on any atom is 0.0585 e. The van der Waals surface area contributed by atoms with Gasteiger partial charge in [-0.3, -0.25) is 0 Å². The highest BCUT2D eigenvalue weighted by atomic mass is 16.5. The highest BCUT2D eigenvalue weighted by molar-refractivity contribution is 4.64. The Bertz CT molecular complexity index is 107. The summed E-state index contributed by atoms with van der Waals surface area (Å²) >= 11 is 0. The lowest BCUT2D eigenvalue weighted by atomic mass is 10.2. The summed E-state index contributed by atoms with van der Waals surface area (Å²) in [5.74, 6) is 0. The van der Waals surface area contributed by atoms with Crippen molar-refractivity contribution < 1.29 is 9.84 Å². The molecular formula is C10H23NO2. The highest BCUT2D eigenvalue weighted by Crippen LogP contribution is 1.95. The van der Waals surface area contributed by atoms with E-state index in [2.05, 4.69) is 12.2 Å². The third-order valence-electron chi connectivity index (χ3n) is 1.82. The van der Waals surface area contributed by atoms with E-state index in [1.807, 2.05) is 13.8 Å². The Morgan fingerprint density at radius 1 is 1.38 bits per heavy atom. The first-order valence-corrected chi connectivity index (χ1v) is 5.16. The lowest BCUT2D eigenvalue weighted by molar-refractivity contribution is 0.0663. The van der Waals surface area contributed by atoms with Gasteiger partial charge in [0.1, 0.15) is 0 Å². The van der Waals surface area contributed by atoms with Gasteiger partial charge in [-0.1, -0.05) is 6.92 Å². The molecule has 0 radical (unpaired) electrons. The summed E-state index contributed by atoms with van der Waals surface area (Å²) in [4.78, 5) is 0. The number of aliphatic hydroxyl groups is 1. The molecule has 2 N–H and O–H groups in total. The van der Waals surface area contributed by atoms with E-state index in [0.717, 1.165) is 26.0 Å². The molecule has 0 saturated carbocycles. The monoisotopic (exact) mass is 189 g/mol. The molecule has 0 aliphatic rings. The summed E-state index contributed by atoms with van der Waals surface area (Å²) in [7, 11) is 0. The van der Waals surface area contributed by atoms with E-state index in [1.54, 1.807) is 0 Å². The second-order valence-corrected chi connectivity index (χ2v) is 3.54. The maximum atomic E-state index is 9.00. The predicted octanol–water partition coefficient (Wildman–Crippen LogP) is 1.16. The fourth-order valence-electron chi connectivity index (χ4n) is 1.05. The Balaban J connectivity index is 3.36. The number of aliphatic hydroxyl groups excluding tert-OH is 1. The molecule has 0 aliphatic carbocycles. The topological polar surface area (TPSA) is 41.5 Å². The van der Waals surface area contributed by atoms with Crippen LogP contribution in [0, 0.1) is 0 Å². The zero-order valence-electron chi connectivity index (χ0n) is 9.05. The second-order valence-electron chi connectivity index (χ2n) is 3.54. The summed E-state index contributed by atoms with van der Waals surface area (Å²) in [6.07, 6.45) is 2.27.